The third-order valence-electron chi connectivity index (χ3n) is 6.96. The van der Waals surface area contributed by atoms with Crippen molar-refractivity contribution in [3.63, 3.8) is 0 Å². The van der Waals surface area contributed by atoms with Crippen LogP contribution in [0.15, 0.2) is 36.4 Å². The molecule has 2 aromatic carbocycles. The van der Waals surface area contributed by atoms with Gasteiger partial charge in [-0.3, -0.25) is 13.8 Å². The monoisotopic (exact) mass is 561 g/mol. The number of phenolic OH excluding ortho intramolecular Hbond substituents is 1. The van der Waals surface area contributed by atoms with Crippen LogP contribution in [-0.2, 0) is 20.3 Å². The fraction of sp³-hybridized carbons (Fsp3) is 0.613. The lowest BCUT2D eigenvalue weighted by Gasteiger charge is -2.18. The Labute approximate surface area is 236 Å². The zero-order chi connectivity index (χ0) is 28.3. The summed E-state index contributed by atoms with van der Waals surface area (Å²) >= 11 is 0. The van der Waals surface area contributed by atoms with Gasteiger partial charge in [-0.1, -0.05) is 101 Å². The number of rotatable bonds is 22. The second-order valence-electron chi connectivity index (χ2n) is 10.2. The first-order valence-corrected chi connectivity index (χ1v) is 16.1. The molecule has 0 saturated heterocycles. The quantitative estimate of drug-likeness (QED) is 0.140. The topological polar surface area (TPSA) is 113 Å². The number of ether oxygens (including phenoxy) is 1. The van der Waals surface area contributed by atoms with Crippen molar-refractivity contribution >= 4 is 33.4 Å². The van der Waals surface area contributed by atoms with Gasteiger partial charge in [0.1, 0.15) is 11.5 Å². The van der Waals surface area contributed by atoms with E-state index in [0.717, 1.165) is 31.1 Å². The second-order valence-corrected chi connectivity index (χ2v) is 11.8. The molecule has 2 rings (SSSR count). The first kappa shape index (κ1) is 32.8. The highest BCUT2D eigenvalue weighted by Gasteiger charge is 2.15. The molecule has 3 N–H and O–H groups in total. The maximum Gasteiger partial charge on any atom is 0.316 e. The number of carbonyl (C=O) groups excluding carboxylic acids is 1. The Morgan fingerprint density at radius 1 is 0.897 bits per heavy atom. The summed E-state index contributed by atoms with van der Waals surface area (Å²) < 4.78 is 17.8. The van der Waals surface area contributed by atoms with Crippen molar-refractivity contribution in [3.05, 3.63) is 42.0 Å². The van der Waals surface area contributed by atoms with Crippen LogP contribution < -0.4 is 5.32 Å². The Morgan fingerprint density at radius 3 is 2.23 bits per heavy atom. The standard InChI is InChI=1S/C31H47NO6S/c1-2-3-4-5-6-7-8-9-10-11-16-26(38-22-23-39(37)24-29(33)34)17-14-21-32-31(36)28-20-19-25-15-12-13-18-27(25)30(28)35/h12-13,15,18-20,26,35H,2-11,14,16-17,21-24H2,1H3,(H,32,36)(H,33,34). The zero-order valence-corrected chi connectivity index (χ0v) is 24.3. The molecule has 1 amide bonds. The normalized spacial score (nSPS) is 12.8. The van der Waals surface area contributed by atoms with Gasteiger partial charge in [0.2, 0.25) is 0 Å². The summed E-state index contributed by atoms with van der Waals surface area (Å²) in [6.07, 6.45) is 14.9. The van der Waals surface area contributed by atoms with E-state index in [-0.39, 0.29) is 41.4 Å². The van der Waals surface area contributed by atoms with Gasteiger partial charge in [-0.05, 0) is 30.7 Å². The van der Waals surface area contributed by atoms with Crippen LogP contribution in [0.3, 0.4) is 0 Å². The number of unbranched alkanes of at least 4 members (excludes halogenated alkanes) is 9. The van der Waals surface area contributed by atoms with E-state index in [1.54, 1.807) is 12.1 Å². The molecule has 0 saturated carbocycles. The summed E-state index contributed by atoms with van der Waals surface area (Å²) in [7, 11) is -1.43. The van der Waals surface area contributed by atoms with Crippen LogP contribution in [0.25, 0.3) is 10.8 Å². The summed E-state index contributed by atoms with van der Waals surface area (Å²) in [5.74, 6) is -1.54. The number of phenols is 1. The number of nitrogens with one attached hydrogen (secondary N) is 1. The largest absolute Gasteiger partial charge is 0.506 e. The van der Waals surface area contributed by atoms with Crippen LogP contribution >= 0.6 is 0 Å². The van der Waals surface area contributed by atoms with Crippen molar-refractivity contribution in [2.45, 2.75) is 96.5 Å². The molecule has 0 aromatic heterocycles. The molecule has 0 aliphatic rings. The van der Waals surface area contributed by atoms with E-state index >= 15 is 0 Å². The number of benzene rings is 2. The predicted octanol–water partition coefficient (Wildman–Crippen LogP) is 6.58. The van der Waals surface area contributed by atoms with Crippen LogP contribution in [0, 0.1) is 0 Å². The van der Waals surface area contributed by atoms with Gasteiger partial charge in [-0.15, -0.1) is 0 Å². The molecular weight excluding hydrogens is 514 g/mol. The van der Waals surface area contributed by atoms with Gasteiger partial charge < -0.3 is 20.3 Å². The fourth-order valence-electron chi connectivity index (χ4n) is 4.75. The van der Waals surface area contributed by atoms with Crippen molar-refractivity contribution in [1.82, 2.24) is 5.32 Å². The van der Waals surface area contributed by atoms with Gasteiger partial charge in [0.05, 0.1) is 18.3 Å². The third kappa shape index (κ3) is 13.4. The fourth-order valence-corrected chi connectivity index (χ4v) is 5.46. The van der Waals surface area contributed by atoms with Crippen LogP contribution in [-0.4, -0.2) is 57.1 Å². The van der Waals surface area contributed by atoms with Crippen LogP contribution in [0.1, 0.15) is 101 Å². The van der Waals surface area contributed by atoms with Crippen molar-refractivity contribution < 1.29 is 28.7 Å². The van der Waals surface area contributed by atoms with Crippen molar-refractivity contribution in [1.29, 1.82) is 0 Å². The molecule has 0 fully saturated rings. The smallest absolute Gasteiger partial charge is 0.316 e. The lowest BCUT2D eigenvalue weighted by atomic mass is 10.0. The molecule has 0 bridgehead atoms. The summed E-state index contributed by atoms with van der Waals surface area (Å²) in [6, 6.07) is 10.9. The highest BCUT2D eigenvalue weighted by molar-refractivity contribution is 7.85. The number of carbonyl (C=O) groups is 2. The maximum absolute atomic E-state index is 12.7. The molecule has 39 heavy (non-hydrogen) atoms. The molecule has 2 atom stereocenters. The number of hydrogen-bond donors (Lipinski definition) is 3. The molecule has 0 radical (unpaired) electrons. The van der Waals surface area contributed by atoms with E-state index in [9.17, 15) is 18.9 Å². The first-order chi connectivity index (χ1) is 18.9. The SMILES string of the molecule is CCCCCCCCCCCCC(CCCNC(=O)c1ccc2ccccc2c1O)OCCS(=O)CC(=O)O. The molecule has 0 aliphatic heterocycles. The van der Waals surface area contributed by atoms with E-state index in [0.29, 0.717) is 18.4 Å². The number of hydrogen-bond acceptors (Lipinski definition) is 5. The molecular formula is C31H47NO6S. The van der Waals surface area contributed by atoms with Gasteiger partial charge in [0, 0.05) is 28.5 Å². The Kier molecular flexibility index (Phi) is 16.5. The summed E-state index contributed by atoms with van der Waals surface area (Å²) in [4.78, 5) is 23.4. The van der Waals surface area contributed by atoms with E-state index < -0.39 is 16.8 Å². The minimum Gasteiger partial charge on any atom is -0.506 e. The van der Waals surface area contributed by atoms with Crippen molar-refractivity contribution in [2.75, 3.05) is 24.7 Å². The Bertz CT molecular complexity index is 1030. The minimum atomic E-state index is -1.43. The van der Waals surface area contributed by atoms with E-state index in [1.807, 2.05) is 24.3 Å². The maximum atomic E-state index is 12.7. The molecule has 0 spiro atoms. The highest BCUT2D eigenvalue weighted by Crippen LogP contribution is 2.28. The molecule has 8 heteroatoms. The zero-order valence-electron chi connectivity index (χ0n) is 23.5. The Balaban J connectivity index is 1.74. The van der Waals surface area contributed by atoms with Crippen LogP contribution in [0.4, 0.5) is 0 Å². The summed E-state index contributed by atoms with van der Waals surface area (Å²) in [6.45, 7) is 2.95. The molecule has 2 aromatic rings. The lowest BCUT2D eigenvalue weighted by molar-refractivity contribution is -0.133. The van der Waals surface area contributed by atoms with Crippen molar-refractivity contribution in [3.8, 4) is 5.75 Å². The van der Waals surface area contributed by atoms with Crippen molar-refractivity contribution in [2.24, 2.45) is 0 Å². The Hall–Kier alpha value is -2.45. The van der Waals surface area contributed by atoms with E-state index in [2.05, 4.69) is 12.2 Å². The van der Waals surface area contributed by atoms with E-state index in [4.69, 9.17) is 9.84 Å². The van der Waals surface area contributed by atoms with Crippen LogP contribution in [0.5, 0.6) is 5.75 Å². The number of carboxylic acids is 1. The van der Waals surface area contributed by atoms with Crippen LogP contribution in [0.2, 0.25) is 0 Å². The second kappa shape index (κ2) is 19.6. The average molecular weight is 562 g/mol. The van der Waals surface area contributed by atoms with E-state index in [1.165, 1.54) is 51.4 Å². The number of aliphatic carboxylic acids is 1. The number of aromatic hydroxyl groups is 1. The van der Waals surface area contributed by atoms with Gasteiger partial charge in [0.15, 0.2) is 0 Å². The number of amides is 1. The number of carboxylic acid groups (broad SMARTS) is 1. The van der Waals surface area contributed by atoms with Gasteiger partial charge in [0.25, 0.3) is 5.91 Å². The summed E-state index contributed by atoms with van der Waals surface area (Å²) in [5.41, 5.74) is 0.257. The van der Waals surface area contributed by atoms with Gasteiger partial charge in [-0.25, -0.2) is 0 Å². The lowest BCUT2D eigenvalue weighted by Crippen LogP contribution is -2.26. The summed E-state index contributed by atoms with van der Waals surface area (Å²) in [5, 5.41) is 23.8. The third-order valence-corrected chi connectivity index (χ3v) is 8.15. The van der Waals surface area contributed by atoms with Gasteiger partial charge >= 0.3 is 5.97 Å². The highest BCUT2D eigenvalue weighted by atomic mass is 32.2. The Morgan fingerprint density at radius 2 is 1.54 bits per heavy atom. The first-order valence-electron chi connectivity index (χ1n) is 14.6. The molecule has 2 unspecified atom stereocenters. The average Bonchev–Trinajstić information content (AvgIpc) is 2.91. The molecule has 218 valence electrons. The molecule has 0 heterocycles. The molecule has 0 aliphatic carbocycles. The van der Waals surface area contributed by atoms with Gasteiger partial charge in [-0.2, -0.15) is 0 Å². The predicted molar refractivity (Wildman–Crippen MR) is 159 cm³/mol. The minimum absolute atomic E-state index is 0.0119. The number of fused-ring (bicyclic) bond motifs is 1. The molecule has 7 nitrogen and oxygen atoms in total.